The molecule has 0 amide bonds. The van der Waals surface area contributed by atoms with Gasteiger partial charge in [0.15, 0.2) is 0 Å². The van der Waals surface area contributed by atoms with Crippen LogP contribution in [0.3, 0.4) is 0 Å². The monoisotopic (exact) mass is 200 g/mol. The molecular weight excluding hydrogens is 190 g/mol. The summed E-state index contributed by atoms with van der Waals surface area (Å²) in [6.07, 6.45) is 1.45. The maximum absolute atomic E-state index is 13.0. The SMILES string of the molecule is C=CCOc1cc(F)cc(F)c1CO. The Morgan fingerprint density at radius 1 is 1.43 bits per heavy atom. The van der Waals surface area contributed by atoms with Gasteiger partial charge in [-0.1, -0.05) is 12.7 Å². The van der Waals surface area contributed by atoms with Crippen LogP contribution in [0.2, 0.25) is 0 Å². The summed E-state index contributed by atoms with van der Waals surface area (Å²) < 4.78 is 30.8. The van der Waals surface area contributed by atoms with Crippen LogP contribution in [0.25, 0.3) is 0 Å². The van der Waals surface area contributed by atoms with Crippen LogP contribution >= 0.6 is 0 Å². The summed E-state index contributed by atoms with van der Waals surface area (Å²) in [4.78, 5) is 0. The van der Waals surface area contributed by atoms with Crippen LogP contribution < -0.4 is 4.74 Å². The molecule has 1 N–H and O–H groups in total. The number of rotatable bonds is 4. The molecule has 0 atom stereocenters. The molecule has 0 aromatic heterocycles. The standard InChI is InChI=1S/C10H10F2O2/c1-2-3-14-10-5-7(11)4-9(12)8(10)6-13/h2,4-5,13H,1,3,6H2. The highest BCUT2D eigenvalue weighted by Crippen LogP contribution is 2.23. The van der Waals surface area contributed by atoms with E-state index in [1.807, 2.05) is 0 Å². The fourth-order valence-electron chi connectivity index (χ4n) is 1.01. The van der Waals surface area contributed by atoms with Crippen LogP contribution in [-0.4, -0.2) is 11.7 Å². The van der Waals surface area contributed by atoms with E-state index in [0.29, 0.717) is 6.07 Å². The summed E-state index contributed by atoms with van der Waals surface area (Å²) in [7, 11) is 0. The zero-order chi connectivity index (χ0) is 10.6. The minimum atomic E-state index is -0.813. The van der Waals surface area contributed by atoms with Crippen molar-refractivity contribution in [1.82, 2.24) is 0 Å². The fraction of sp³-hybridized carbons (Fsp3) is 0.200. The minimum absolute atomic E-state index is 0.00454. The van der Waals surface area contributed by atoms with Crippen molar-refractivity contribution in [2.24, 2.45) is 0 Å². The van der Waals surface area contributed by atoms with Crippen molar-refractivity contribution in [3.63, 3.8) is 0 Å². The molecule has 0 saturated carbocycles. The lowest BCUT2D eigenvalue weighted by Gasteiger charge is -2.09. The van der Waals surface area contributed by atoms with Gasteiger partial charge >= 0.3 is 0 Å². The molecule has 1 aromatic rings. The molecule has 0 spiro atoms. The van der Waals surface area contributed by atoms with E-state index in [4.69, 9.17) is 9.84 Å². The lowest BCUT2D eigenvalue weighted by atomic mass is 10.2. The number of benzene rings is 1. The first-order valence-corrected chi connectivity index (χ1v) is 4.01. The number of aliphatic hydroxyl groups excluding tert-OH is 1. The molecule has 1 aromatic carbocycles. The van der Waals surface area contributed by atoms with E-state index in [0.717, 1.165) is 6.07 Å². The lowest BCUT2D eigenvalue weighted by Crippen LogP contribution is -2.01. The molecule has 4 heteroatoms. The van der Waals surface area contributed by atoms with Gasteiger partial charge < -0.3 is 9.84 Å². The van der Waals surface area contributed by atoms with Crippen molar-refractivity contribution in [2.45, 2.75) is 6.61 Å². The van der Waals surface area contributed by atoms with Crippen molar-refractivity contribution >= 4 is 0 Å². The number of hydrogen-bond acceptors (Lipinski definition) is 2. The average molecular weight is 200 g/mol. The molecule has 76 valence electrons. The number of ether oxygens (including phenoxy) is 1. The van der Waals surface area contributed by atoms with E-state index in [1.54, 1.807) is 0 Å². The highest BCUT2D eigenvalue weighted by Gasteiger charge is 2.11. The van der Waals surface area contributed by atoms with Gasteiger partial charge in [0.1, 0.15) is 24.0 Å². The van der Waals surface area contributed by atoms with E-state index in [-0.39, 0.29) is 17.9 Å². The van der Waals surface area contributed by atoms with Crippen molar-refractivity contribution in [3.05, 3.63) is 42.0 Å². The molecule has 2 nitrogen and oxygen atoms in total. The van der Waals surface area contributed by atoms with E-state index >= 15 is 0 Å². The zero-order valence-electron chi connectivity index (χ0n) is 7.46. The molecule has 0 fully saturated rings. The van der Waals surface area contributed by atoms with Gasteiger partial charge in [-0.3, -0.25) is 0 Å². The topological polar surface area (TPSA) is 29.5 Å². The predicted molar refractivity (Wildman–Crippen MR) is 48.0 cm³/mol. The molecule has 0 saturated heterocycles. The quantitative estimate of drug-likeness (QED) is 0.753. The lowest BCUT2D eigenvalue weighted by molar-refractivity contribution is 0.262. The molecule has 0 bridgehead atoms. The van der Waals surface area contributed by atoms with Crippen molar-refractivity contribution in [1.29, 1.82) is 0 Å². The summed E-state index contributed by atoms with van der Waals surface area (Å²) in [5, 5.41) is 8.82. The molecule has 14 heavy (non-hydrogen) atoms. The molecule has 0 aliphatic carbocycles. The Hall–Kier alpha value is -1.42. The largest absolute Gasteiger partial charge is 0.489 e. The fourth-order valence-corrected chi connectivity index (χ4v) is 1.01. The van der Waals surface area contributed by atoms with Crippen LogP contribution in [0.4, 0.5) is 8.78 Å². The van der Waals surface area contributed by atoms with Crippen LogP contribution in [0.15, 0.2) is 24.8 Å². The second-order valence-electron chi connectivity index (χ2n) is 2.62. The van der Waals surface area contributed by atoms with Crippen LogP contribution in [0.1, 0.15) is 5.56 Å². The van der Waals surface area contributed by atoms with Crippen molar-refractivity contribution in [3.8, 4) is 5.75 Å². The van der Waals surface area contributed by atoms with Gasteiger partial charge in [0, 0.05) is 12.1 Å². The Labute approximate surface area is 80.4 Å². The Balaban J connectivity index is 3.04. The average Bonchev–Trinajstić information content (AvgIpc) is 2.14. The molecule has 0 heterocycles. The molecule has 0 aliphatic heterocycles. The molecule has 0 radical (unpaired) electrons. The Morgan fingerprint density at radius 3 is 2.71 bits per heavy atom. The third-order valence-electron chi connectivity index (χ3n) is 1.63. The number of hydrogen-bond donors (Lipinski definition) is 1. The van der Waals surface area contributed by atoms with Gasteiger partial charge in [-0.05, 0) is 0 Å². The first-order valence-electron chi connectivity index (χ1n) is 4.01. The van der Waals surface area contributed by atoms with E-state index in [1.165, 1.54) is 6.08 Å². The van der Waals surface area contributed by atoms with Gasteiger partial charge in [0.25, 0.3) is 0 Å². The Bertz CT molecular complexity index is 337. The summed E-state index contributed by atoms with van der Waals surface area (Å²) in [6, 6.07) is 1.73. The van der Waals surface area contributed by atoms with Crippen LogP contribution in [0.5, 0.6) is 5.75 Å². The minimum Gasteiger partial charge on any atom is -0.489 e. The van der Waals surface area contributed by atoms with Gasteiger partial charge in [0.2, 0.25) is 0 Å². The van der Waals surface area contributed by atoms with Crippen molar-refractivity contribution in [2.75, 3.05) is 6.61 Å². The number of halogens is 2. The van der Waals surface area contributed by atoms with E-state index in [9.17, 15) is 8.78 Å². The predicted octanol–water partition coefficient (Wildman–Crippen LogP) is 2.02. The second kappa shape index (κ2) is 4.72. The summed E-state index contributed by atoms with van der Waals surface area (Å²) in [6.45, 7) is 3.01. The van der Waals surface area contributed by atoms with Crippen molar-refractivity contribution < 1.29 is 18.6 Å². The number of aliphatic hydroxyl groups is 1. The molecule has 1 rings (SSSR count). The van der Waals surface area contributed by atoms with Gasteiger partial charge in [-0.2, -0.15) is 0 Å². The highest BCUT2D eigenvalue weighted by atomic mass is 19.1. The normalized spacial score (nSPS) is 9.93. The van der Waals surface area contributed by atoms with Gasteiger partial charge in [-0.15, -0.1) is 0 Å². The Morgan fingerprint density at radius 2 is 2.14 bits per heavy atom. The maximum atomic E-state index is 13.0. The summed E-state index contributed by atoms with van der Waals surface area (Å²) in [5.74, 6) is -1.55. The zero-order valence-corrected chi connectivity index (χ0v) is 7.46. The molecular formula is C10H10F2O2. The first kappa shape index (κ1) is 10.7. The van der Waals surface area contributed by atoms with Gasteiger partial charge in [0.05, 0.1) is 12.2 Å². The molecule has 0 unspecified atom stereocenters. The van der Waals surface area contributed by atoms with E-state index < -0.39 is 18.2 Å². The highest BCUT2D eigenvalue weighted by molar-refractivity contribution is 5.34. The van der Waals surface area contributed by atoms with Crippen LogP contribution in [0, 0.1) is 11.6 Å². The van der Waals surface area contributed by atoms with E-state index in [2.05, 4.69) is 6.58 Å². The summed E-state index contributed by atoms with van der Waals surface area (Å²) in [5.41, 5.74) is -0.0479. The smallest absolute Gasteiger partial charge is 0.135 e. The summed E-state index contributed by atoms with van der Waals surface area (Å²) >= 11 is 0. The maximum Gasteiger partial charge on any atom is 0.135 e. The molecule has 0 aliphatic rings. The van der Waals surface area contributed by atoms with Gasteiger partial charge in [-0.25, -0.2) is 8.78 Å². The first-order chi connectivity index (χ1) is 6.69. The third-order valence-corrected chi connectivity index (χ3v) is 1.63. The van der Waals surface area contributed by atoms with Crippen LogP contribution in [-0.2, 0) is 6.61 Å². The third kappa shape index (κ3) is 2.29. The Kier molecular flexibility index (Phi) is 3.59. The second-order valence-corrected chi connectivity index (χ2v) is 2.62.